The van der Waals surface area contributed by atoms with E-state index in [1.807, 2.05) is 6.92 Å². The average molecular weight is 457 g/mol. The molecule has 4 aromatic rings. The number of nitrogens with zero attached hydrogens (tertiary/aromatic N) is 1. The SMILES string of the molecule is CCOc1ccc(C2c3c(oc4ccc(F)cc4c3=O)C(=O)N2c2ccc(C(C)=O)cc2)cc1. The van der Waals surface area contributed by atoms with Crippen LogP contribution in [0, 0.1) is 5.82 Å². The first kappa shape index (κ1) is 21.6. The van der Waals surface area contributed by atoms with E-state index in [1.165, 1.54) is 24.0 Å². The molecular weight excluding hydrogens is 437 g/mol. The Morgan fingerprint density at radius 2 is 1.74 bits per heavy atom. The Kier molecular flexibility index (Phi) is 5.24. The summed E-state index contributed by atoms with van der Waals surface area (Å²) in [7, 11) is 0. The molecule has 0 saturated carbocycles. The van der Waals surface area contributed by atoms with Crippen LogP contribution in [0.4, 0.5) is 10.1 Å². The van der Waals surface area contributed by atoms with Gasteiger partial charge < -0.3 is 9.15 Å². The number of anilines is 1. The maximum absolute atomic E-state index is 13.9. The number of hydrogen-bond donors (Lipinski definition) is 0. The molecule has 5 rings (SSSR count). The fraction of sp³-hybridized carbons (Fsp3) is 0.148. The van der Waals surface area contributed by atoms with Crippen molar-refractivity contribution in [2.75, 3.05) is 11.5 Å². The Balaban J connectivity index is 1.73. The monoisotopic (exact) mass is 457 g/mol. The number of fused-ring (bicyclic) bond motifs is 2. The molecule has 34 heavy (non-hydrogen) atoms. The number of ketones is 1. The van der Waals surface area contributed by atoms with Crippen LogP contribution in [0.2, 0.25) is 0 Å². The van der Waals surface area contributed by atoms with Gasteiger partial charge in [0.2, 0.25) is 5.76 Å². The maximum Gasteiger partial charge on any atom is 0.295 e. The molecule has 0 N–H and O–H groups in total. The summed E-state index contributed by atoms with van der Waals surface area (Å²) in [6, 6.07) is 16.5. The standard InChI is InChI=1S/C27H20FNO5/c1-3-33-20-11-6-17(7-12-20)24-23-25(31)21-14-18(28)8-13-22(21)34-26(23)27(32)29(24)19-9-4-16(5-10-19)15(2)30/h4-14,24H,3H2,1-2H3. The first-order valence-corrected chi connectivity index (χ1v) is 10.8. The van der Waals surface area contributed by atoms with Crippen LogP contribution < -0.4 is 15.1 Å². The summed E-state index contributed by atoms with van der Waals surface area (Å²) in [5.41, 5.74) is 1.47. The van der Waals surface area contributed by atoms with E-state index in [0.717, 1.165) is 6.07 Å². The third-order valence-electron chi connectivity index (χ3n) is 5.89. The Morgan fingerprint density at radius 3 is 2.38 bits per heavy atom. The fourth-order valence-electron chi connectivity index (χ4n) is 4.30. The Bertz CT molecular complexity index is 1490. The van der Waals surface area contributed by atoms with Gasteiger partial charge in [0.25, 0.3) is 5.91 Å². The Labute approximate surface area is 194 Å². The van der Waals surface area contributed by atoms with Crippen molar-refractivity contribution in [1.29, 1.82) is 0 Å². The van der Waals surface area contributed by atoms with E-state index >= 15 is 0 Å². The van der Waals surface area contributed by atoms with Crippen LogP contribution in [-0.2, 0) is 0 Å². The lowest BCUT2D eigenvalue weighted by molar-refractivity contribution is 0.0970. The average Bonchev–Trinajstić information content (AvgIpc) is 3.13. The number of rotatable bonds is 5. The van der Waals surface area contributed by atoms with Gasteiger partial charge in [-0.25, -0.2) is 4.39 Å². The number of benzene rings is 3. The van der Waals surface area contributed by atoms with Crippen LogP contribution >= 0.6 is 0 Å². The second-order valence-corrected chi connectivity index (χ2v) is 8.00. The zero-order valence-electron chi connectivity index (χ0n) is 18.5. The molecule has 7 heteroatoms. The summed E-state index contributed by atoms with van der Waals surface area (Å²) < 4.78 is 25.3. The van der Waals surface area contributed by atoms with Crippen molar-refractivity contribution >= 4 is 28.3 Å². The molecule has 0 aliphatic carbocycles. The van der Waals surface area contributed by atoms with Gasteiger partial charge in [-0.2, -0.15) is 0 Å². The lowest BCUT2D eigenvalue weighted by atomic mass is 9.98. The molecule has 6 nitrogen and oxygen atoms in total. The molecule has 3 aromatic carbocycles. The summed E-state index contributed by atoms with van der Waals surface area (Å²) in [4.78, 5) is 40.3. The highest BCUT2D eigenvalue weighted by Crippen LogP contribution is 2.41. The van der Waals surface area contributed by atoms with Crippen LogP contribution in [0.3, 0.4) is 0 Å². The van der Waals surface area contributed by atoms with Gasteiger partial charge in [-0.3, -0.25) is 19.3 Å². The molecule has 1 aliphatic heterocycles. The fourth-order valence-corrected chi connectivity index (χ4v) is 4.30. The van der Waals surface area contributed by atoms with Crippen molar-refractivity contribution in [3.05, 3.63) is 105 Å². The van der Waals surface area contributed by atoms with Crippen molar-refractivity contribution in [2.24, 2.45) is 0 Å². The normalized spacial score (nSPS) is 15.0. The second-order valence-electron chi connectivity index (χ2n) is 8.00. The summed E-state index contributed by atoms with van der Waals surface area (Å²) in [5.74, 6) is -0.596. The van der Waals surface area contributed by atoms with Crippen LogP contribution in [0.25, 0.3) is 11.0 Å². The van der Waals surface area contributed by atoms with Crippen molar-refractivity contribution in [2.45, 2.75) is 19.9 Å². The number of ether oxygens (including phenoxy) is 1. The quantitative estimate of drug-likeness (QED) is 0.381. The van der Waals surface area contributed by atoms with E-state index in [0.29, 0.717) is 29.2 Å². The van der Waals surface area contributed by atoms with E-state index in [-0.39, 0.29) is 28.1 Å². The molecule has 0 saturated heterocycles. The molecule has 0 fully saturated rings. The zero-order valence-corrected chi connectivity index (χ0v) is 18.5. The topological polar surface area (TPSA) is 76.8 Å². The molecule has 0 radical (unpaired) electrons. The van der Waals surface area contributed by atoms with Crippen molar-refractivity contribution < 1.29 is 23.1 Å². The van der Waals surface area contributed by atoms with Crippen LogP contribution in [0.5, 0.6) is 5.75 Å². The molecule has 1 unspecified atom stereocenters. The number of halogens is 1. The van der Waals surface area contributed by atoms with Crippen LogP contribution in [0.15, 0.2) is 75.9 Å². The number of amides is 1. The molecule has 0 spiro atoms. The molecule has 1 aromatic heterocycles. The van der Waals surface area contributed by atoms with Crippen molar-refractivity contribution in [3.8, 4) is 5.75 Å². The largest absolute Gasteiger partial charge is 0.494 e. The van der Waals surface area contributed by atoms with Gasteiger partial charge in [0, 0.05) is 11.3 Å². The van der Waals surface area contributed by atoms with Gasteiger partial charge in [-0.05, 0) is 74.0 Å². The van der Waals surface area contributed by atoms with Gasteiger partial charge in [-0.15, -0.1) is 0 Å². The minimum absolute atomic E-state index is 0.0660. The van der Waals surface area contributed by atoms with Crippen molar-refractivity contribution in [1.82, 2.24) is 0 Å². The molecule has 170 valence electrons. The van der Waals surface area contributed by atoms with Gasteiger partial charge in [0.05, 0.1) is 23.6 Å². The third-order valence-corrected chi connectivity index (χ3v) is 5.89. The first-order valence-electron chi connectivity index (χ1n) is 10.8. The summed E-state index contributed by atoms with van der Waals surface area (Å²) in [5, 5.41) is 0.0660. The van der Waals surface area contributed by atoms with E-state index in [9.17, 15) is 18.8 Å². The molecule has 1 atom stereocenters. The minimum atomic E-state index is -0.801. The Morgan fingerprint density at radius 1 is 1.03 bits per heavy atom. The number of carbonyl (C=O) groups is 2. The zero-order chi connectivity index (χ0) is 24.0. The summed E-state index contributed by atoms with van der Waals surface area (Å²) >= 11 is 0. The molecule has 2 heterocycles. The number of Topliss-reactive ketones (excluding diaryl/α,β-unsaturated/α-hetero) is 1. The highest BCUT2D eigenvalue weighted by molar-refractivity contribution is 6.11. The number of carbonyl (C=O) groups excluding carboxylic acids is 2. The van der Waals surface area contributed by atoms with Crippen molar-refractivity contribution in [3.63, 3.8) is 0 Å². The lowest BCUT2D eigenvalue weighted by Crippen LogP contribution is -2.29. The van der Waals surface area contributed by atoms with Gasteiger partial charge >= 0.3 is 0 Å². The van der Waals surface area contributed by atoms with E-state index in [1.54, 1.807) is 48.5 Å². The minimum Gasteiger partial charge on any atom is -0.494 e. The molecule has 0 bridgehead atoms. The van der Waals surface area contributed by atoms with Crippen LogP contribution in [0.1, 0.15) is 51.9 Å². The number of hydrogen-bond acceptors (Lipinski definition) is 5. The van der Waals surface area contributed by atoms with E-state index in [4.69, 9.17) is 9.15 Å². The predicted molar refractivity (Wildman–Crippen MR) is 125 cm³/mol. The second kappa shape index (κ2) is 8.26. The highest BCUT2D eigenvalue weighted by Gasteiger charge is 2.43. The molecule has 1 aliphatic rings. The van der Waals surface area contributed by atoms with E-state index < -0.39 is 23.2 Å². The highest BCUT2D eigenvalue weighted by atomic mass is 19.1. The van der Waals surface area contributed by atoms with Gasteiger partial charge in [0.15, 0.2) is 11.2 Å². The van der Waals surface area contributed by atoms with Gasteiger partial charge in [0.1, 0.15) is 17.1 Å². The maximum atomic E-state index is 13.9. The van der Waals surface area contributed by atoms with Crippen LogP contribution in [-0.4, -0.2) is 18.3 Å². The van der Waals surface area contributed by atoms with E-state index in [2.05, 4.69) is 0 Å². The molecular formula is C27H20FNO5. The molecule has 1 amide bonds. The predicted octanol–water partition coefficient (Wildman–Crippen LogP) is 5.28. The lowest BCUT2D eigenvalue weighted by Gasteiger charge is -2.25. The van der Waals surface area contributed by atoms with Gasteiger partial charge in [-0.1, -0.05) is 12.1 Å². The first-order chi connectivity index (χ1) is 16.4. The third kappa shape index (κ3) is 3.46. The summed E-state index contributed by atoms with van der Waals surface area (Å²) in [6.07, 6.45) is 0. The Hall–Kier alpha value is -4.26. The summed E-state index contributed by atoms with van der Waals surface area (Å²) in [6.45, 7) is 3.84. The smallest absolute Gasteiger partial charge is 0.295 e.